The molecule has 2 unspecified atom stereocenters. The van der Waals surface area contributed by atoms with Crippen molar-refractivity contribution in [2.24, 2.45) is 11.8 Å². The van der Waals surface area contributed by atoms with Crippen LogP contribution in [0.5, 0.6) is 0 Å². The zero-order chi connectivity index (χ0) is 15.2. The van der Waals surface area contributed by atoms with Gasteiger partial charge >= 0.3 is 5.97 Å². The monoisotopic (exact) mass is 296 g/mol. The van der Waals surface area contributed by atoms with Gasteiger partial charge in [-0.1, -0.05) is 0 Å². The molecule has 118 valence electrons. The van der Waals surface area contributed by atoms with Crippen molar-refractivity contribution in [3.8, 4) is 0 Å². The lowest BCUT2D eigenvalue weighted by molar-refractivity contribution is -0.141. The van der Waals surface area contributed by atoms with Crippen LogP contribution in [0.1, 0.15) is 44.9 Å². The zero-order valence-electron chi connectivity index (χ0n) is 12.3. The van der Waals surface area contributed by atoms with E-state index in [0.717, 1.165) is 25.9 Å². The number of carboxylic acids is 1. The lowest BCUT2D eigenvalue weighted by Gasteiger charge is -2.26. The number of carbonyl (C=O) groups is 3. The van der Waals surface area contributed by atoms with Crippen molar-refractivity contribution in [3.05, 3.63) is 0 Å². The highest BCUT2D eigenvalue weighted by Crippen LogP contribution is 2.31. The number of likely N-dealkylation sites (tertiary alicyclic amines) is 1. The average molecular weight is 296 g/mol. The largest absolute Gasteiger partial charge is 0.481 e. The smallest absolute Gasteiger partial charge is 0.306 e. The number of hydrogen-bond donors (Lipinski definition) is 2. The molecule has 0 aromatic heterocycles. The summed E-state index contributed by atoms with van der Waals surface area (Å²) in [5, 5.41) is 11.7. The highest BCUT2D eigenvalue weighted by atomic mass is 16.4. The molecule has 0 aromatic carbocycles. The fourth-order valence-electron chi connectivity index (χ4n) is 3.18. The number of aliphatic carboxylic acids is 1. The standard InChI is InChI=1S/C15H24N2O4/c18-13(17-8-2-1-3-9-17)6-7-16-14(19)11-4-5-12(10-11)15(20)21/h11-12H,1-10H2,(H,16,19)(H,20,21). The Bertz CT molecular complexity index is 404. The predicted molar refractivity (Wildman–Crippen MR) is 76.5 cm³/mol. The van der Waals surface area contributed by atoms with Crippen LogP contribution < -0.4 is 5.32 Å². The summed E-state index contributed by atoms with van der Waals surface area (Å²) >= 11 is 0. The van der Waals surface area contributed by atoms with Crippen LogP contribution in [0.25, 0.3) is 0 Å². The Morgan fingerprint density at radius 1 is 1.05 bits per heavy atom. The molecule has 1 aliphatic carbocycles. The maximum absolute atomic E-state index is 11.9. The summed E-state index contributed by atoms with van der Waals surface area (Å²) in [6.45, 7) is 2.01. The quantitative estimate of drug-likeness (QED) is 0.792. The second kappa shape index (κ2) is 7.43. The van der Waals surface area contributed by atoms with Crippen LogP contribution >= 0.6 is 0 Å². The lowest BCUT2D eigenvalue weighted by atomic mass is 10.0. The molecular weight excluding hydrogens is 272 g/mol. The van der Waals surface area contributed by atoms with Gasteiger partial charge in [0.15, 0.2) is 0 Å². The van der Waals surface area contributed by atoms with Crippen LogP contribution in [0.4, 0.5) is 0 Å². The molecule has 2 aliphatic rings. The molecular formula is C15H24N2O4. The first-order valence-corrected chi connectivity index (χ1v) is 7.86. The van der Waals surface area contributed by atoms with Crippen LogP contribution in [0.3, 0.4) is 0 Å². The fraction of sp³-hybridized carbons (Fsp3) is 0.800. The molecule has 2 amide bonds. The molecule has 21 heavy (non-hydrogen) atoms. The van der Waals surface area contributed by atoms with E-state index in [9.17, 15) is 14.4 Å². The highest BCUT2D eigenvalue weighted by Gasteiger charge is 2.33. The summed E-state index contributed by atoms with van der Waals surface area (Å²) in [5.74, 6) is -1.42. The molecule has 2 fully saturated rings. The van der Waals surface area contributed by atoms with Crippen molar-refractivity contribution < 1.29 is 19.5 Å². The van der Waals surface area contributed by atoms with Gasteiger partial charge in [0.1, 0.15) is 0 Å². The van der Waals surface area contributed by atoms with Gasteiger partial charge in [0.2, 0.25) is 11.8 Å². The number of nitrogens with zero attached hydrogens (tertiary/aromatic N) is 1. The summed E-state index contributed by atoms with van der Waals surface area (Å²) in [7, 11) is 0. The third-order valence-electron chi connectivity index (χ3n) is 4.50. The topological polar surface area (TPSA) is 86.7 Å². The van der Waals surface area contributed by atoms with E-state index in [2.05, 4.69) is 5.32 Å². The van der Waals surface area contributed by atoms with E-state index in [-0.39, 0.29) is 17.7 Å². The Morgan fingerprint density at radius 2 is 1.71 bits per heavy atom. The maximum Gasteiger partial charge on any atom is 0.306 e. The van der Waals surface area contributed by atoms with Gasteiger partial charge in [-0.05, 0) is 38.5 Å². The minimum Gasteiger partial charge on any atom is -0.481 e. The van der Waals surface area contributed by atoms with Gasteiger partial charge in [-0.2, -0.15) is 0 Å². The molecule has 0 radical (unpaired) electrons. The van der Waals surface area contributed by atoms with Crippen LogP contribution in [0, 0.1) is 11.8 Å². The summed E-state index contributed by atoms with van der Waals surface area (Å²) in [5.41, 5.74) is 0. The molecule has 2 atom stereocenters. The van der Waals surface area contributed by atoms with Crippen LogP contribution in [0.2, 0.25) is 0 Å². The number of hydrogen-bond acceptors (Lipinski definition) is 3. The van der Waals surface area contributed by atoms with E-state index in [1.807, 2.05) is 4.90 Å². The zero-order valence-corrected chi connectivity index (χ0v) is 12.3. The molecule has 0 aromatic rings. The summed E-state index contributed by atoms with van der Waals surface area (Å²) < 4.78 is 0. The summed E-state index contributed by atoms with van der Waals surface area (Å²) in [6.07, 6.45) is 5.27. The summed E-state index contributed by atoms with van der Waals surface area (Å²) in [4.78, 5) is 36.6. The maximum atomic E-state index is 11.9. The first-order valence-electron chi connectivity index (χ1n) is 7.86. The first kappa shape index (κ1) is 15.8. The molecule has 2 N–H and O–H groups in total. The minimum absolute atomic E-state index is 0.102. The van der Waals surface area contributed by atoms with Crippen molar-refractivity contribution in [1.29, 1.82) is 0 Å². The van der Waals surface area contributed by atoms with E-state index in [0.29, 0.717) is 32.2 Å². The Hall–Kier alpha value is -1.59. The number of piperidine rings is 1. The van der Waals surface area contributed by atoms with Crippen molar-refractivity contribution in [2.75, 3.05) is 19.6 Å². The van der Waals surface area contributed by atoms with Gasteiger partial charge in [0.05, 0.1) is 5.92 Å². The van der Waals surface area contributed by atoms with Crippen molar-refractivity contribution in [1.82, 2.24) is 10.2 Å². The SMILES string of the molecule is O=C(O)C1CCC(C(=O)NCCC(=O)N2CCCCC2)C1. The second-order valence-electron chi connectivity index (χ2n) is 6.03. The van der Waals surface area contributed by atoms with Crippen LogP contribution in [-0.4, -0.2) is 47.4 Å². The molecule has 0 bridgehead atoms. The molecule has 1 aliphatic heterocycles. The van der Waals surface area contributed by atoms with Crippen molar-refractivity contribution >= 4 is 17.8 Å². The van der Waals surface area contributed by atoms with Gasteiger partial charge in [-0.3, -0.25) is 14.4 Å². The summed E-state index contributed by atoms with van der Waals surface area (Å²) in [6, 6.07) is 0. The Kier molecular flexibility index (Phi) is 5.59. The molecule has 1 heterocycles. The molecule has 2 rings (SSSR count). The fourth-order valence-corrected chi connectivity index (χ4v) is 3.18. The molecule has 1 saturated carbocycles. The predicted octanol–water partition coefficient (Wildman–Crippen LogP) is 1.01. The van der Waals surface area contributed by atoms with E-state index >= 15 is 0 Å². The van der Waals surface area contributed by atoms with Crippen LogP contribution in [-0.2, 0) is 14.4 Å². The van der Waals surface area contributed by atoms with Crippen molar-refractivity contribution in [3.63, 3.8) is 0 Å². The Morgan fingerprint density at radius 3 is 2.33 bits per heavy atom. The van der Waals surface area contributed by atoms with Gasteiger partial charge in [-0.25, -0.2) is 0 Å². The highest BCUT2D eigenvalue weighted by molar-refractivity contribution is 5.82. The van der Waals surface area contributed by atoms with Gasteiger partial charge < -0.3 is 15.3 Å². The van der Waals surface area contributed by atoms with Gasteiger partial charge in [0.25, 0.3) is 0 Å². The lowest BCUT2D eigenvalue weighted by Crippen LogP contribution is -2.38. The number of rotatable bonds is 5. The van der Waals surface area contributed by atoms with E-state index < -0.39 is 11.9 Å². The minimum atomic E-state index is -0.814. The third kappa shape index (κ3) is 4.44. The second-order valence-corrected chi connectivity index (χ2v) is 6.03. The molecule has 1 saturated heterocycles. The Balaban J connectivity index is 1.65. The Labute approximate surface area is 124 Å². The number of amides is 2. The average Bonchev–Trinajstić information content (AvgIpc) is 2.98. The third-order valence-corrected chi connectivity index (χ3v) is 4.50. The van der Waals surface area contributed by atoms with E-state index in [4.69, 9.17) is 5.11 Å². The van der Waals surface area contributed by atoms with Crippen LogP contribution in [0.15, 0.2) is 0 Å². The van der Waals surface area contributed by atoms with Crippen molar-refractivity contribution in [2.45, 2.75) is 44.9 Å². The van der Waals surface area contributed by atoms with Gasteiger partial charge in [0, 0.05) is 32.0 Å². The molecule has 6 heteroatoms. The van der Waals surface area contributed by atoms with E-state index in [1.54, 1.807) is 0 Å². The first-order chi connectivity index (χ1) is 10.1. The molecule has 0 spiro atoms. The van der Waals surface area contributed by atoms with E-state index in [1.165, 1.54) is 6.42 Å². The number of nitrogens with one attached hydrogen (secondary N) is 1. The number of carbonyl (C=O) groups excluding carboxylic acids is 2. The normalized spacial score (nSPS) is 25.6. The van der Waals surface area contributed by atoms with Gasteiger partial charge in [-0.15, -0.1) is 0 Å². The number of carboxylic acid groups (broad SMARTS) is 1. The molecule has 6 nitrogen and oxygen atoms in total.